The zero-order valence-electron chi connectivity index (χ0n) is 13.1. The summed E-state index contributed by atoms with van der Waals surface area (Å²) in [7, 11) is 0. The molecule has 1 N–H and O–H groups in total. The Morgan fingerprint density at radius 3 is 3.09 bits per heavy atom. The van der Waals surface area contributed by atoms with E-state index in [-0.39, 0.29) is 5.91 Å². The third-order valence-corrected chi connectivity index (χ3v) is 3.66. The van der Waals surface area contributed by atoms with Crippen molar-refractivity contribution in [2.24, 2.45) is 0 Å². The highest BCUT2D eigenvalue weighted by atomic mass is 16.5. The average molecular weight is 316 g/mol. The number of nitrogens with one attached hydrogen (secondary N) is 1. The second kappa shape index (κ2) is 7.23. The predicted octanol–water partition coefficient (Wildman–Crippen LogP) is 1.46. The van der Waals surface area contributed by atoms with E-state index in [1.165, 1.54) is 0 Å². The van der Waals surface area contributed by atoms with Crippen molar-refractivity contribution in [2.75, 3.05) is 26.2 Å². The Hall–Kier alpha value is -2.41. The lowest BCUT2D eigenvalue weighted by molar-refractivity contribution is -0.120. The number of rotatable bonds is 5. The predicted molar refractivity (Wildman–Crippen MR) is 83.8 cm³/mol. The highest BCUT2D eigenvalue weighted by Crippen LogP contribution is 2.27. The summed E-state index contributed by atoms with van der Waals surface area (Å²) in [6, 6.07) is 7.63. The molecule has 1 aromatic carbocycles. The van der Waals surface area contributed by atoms with Crippen molar-refractivity contribution >= 4 is 5.91 Å². The van der Waals surface area contributed by atoms with Crippen LogP contribution in [0, 0.1) is 0 Å². The van der Waals surface area contributed by atoms with Gasteiger partial charge in [-0.05, 0) is 19.1 Å². The molecule has 1 fully saturated rings. The molecule has 0 saturated carbocycles. The van der Waals surface area contributed by atoms with E-state index in [1.807, 2.05) is 31.2 Å². The van der Waals surface area contributed by atoms with Crippen LogP contribution in [0.4, 0.5) is 0 Å². The molecule has 122 valence electrons. The number of amides is 1. The summed E-state index contributed by atoms with van der Waals surface area (Å²) in [6.07, 6.45) is 0.494. The molecule has 23 heavy (non-hydrogen) atoms. The van der Waals surface area contributed by atoms with Gasteiger partial charge in [0.05, 0.1) is 18.7 Å². The van der Waals surface area contributed by atoms with E-state index in [4.69, 9.17) is 9.26 Å². The molecule has 1 amide bonds. The van der Waals surface area contributed by atoms with Gasteiger partial charge in [0, 0.05) is 26.1 Å². The molecule has 7 nitrogen and oxygen atoms in total. The van der Waals surface area contributed by atoms with Gasteiger partial charge >= 0.3 is 0 Å². The zero-order valence-corrected chi connectivity index (χ0v) is 13.1. The van der Waals surface area contributed by atoms with Crippen LogP contribution in [-0.2, 0) is 11.3 Å². The SMILES string of the molecule is CCOc1ccccc1-c1noc(CN2CCNC(=O)CC2)n1. The molecule has 1 saturated heterocycles. The van der Waals surface area contributed by atoms with E-state index >= 15 is 0 Å². The first kappa shape index (κ1) is 15.5. The van der Waals surface area contributed by atoms with Crippen LogP contribution in [0.2, 0.25) is 0 Å². The van der Waals surface area contributed by atoms with Crippen LogP contribution in [0.5, 0.6) is 5.75 Å². The first-order chi connectivity index (χ1) is 11.3. The fourth-order valence-corrected chi connectivity index (χ4v) is 2.52. The number of para-hydroxylation sites is 1. The third kappa shape index (κ3) is 3.87. The van der Waals surface area contributed by atoms with Crippen molar-refractivity contribution < 1.29 is 14.1 Å². The van der Waals surface area contributed by atoms with Crippen LogP contribution in [0.15, 0.2) is 28.8 Å². The topological polar surface area (TPSA) is 80.5 Å². The summed E-state index contributed by atoms with van der Waals surface area (Å²) in [4.78, 5) is 18.0. The Morgan fingerprint density at radius 1 is 1.35 bits per heavy atom. The van der Waals surface area contributed by atoms with Crippen LogP contribution in [0.1, 0.15) is 19.2 Å². The van der Waals surface area contributed by atoms with Crippen LogP contribution in [0.25, 0.3) is 11.4 Å². The van der Waals surface area contributed by atoms with E-state index in [2.05, 4.69) is 20.4 Å². The highest BCUT2D eigenvalue weighted by molar-refractivity contribution is 5.76. The standard InChI is InChI=1S/C16H20N4O3/c1-2-22-13-6-4-3-5-12(13)16-18-15(23-19-16)11-20-9-7-14(21)17-8-10-20/h3-6H,2,7-11H2,1H3,(H,17,21). The van der Waals surface area contributed by atoms with Gasteiger partial charge in [0.25, 0.3) is 0 Å². The monoisotopic (exact) mass is 316 g/mol. The van der Waals surface area contributed by atoms with E-state index in [0.717, 1.165) is 17.9 Å². The number of aromatic nitrogens is 2. The molecule has 1 aliphatic rings. The summed E-state index contributed by atoms with van der Waals surface area (Å²) >= 11 is 0. The lowest BCUT2D eigenvalue weighted by Gasteiger charge is -2.15. The number of carbonyl (C=O) groups excluding carboxylic acids is 1. The van der Waals surface area contributed by atoms with Gasteiger partial charge in [0.1, 0.15) is 5.75 Å². The number of ether oxygens (including phenoxy) is 1. The van der Waals surface area contributed by atoms with Crippen molar-refractivity contribution in [1.82, 2.24) is 20.4 Å². The van der Waals surface area contributed by atoms with Crippen LogP contribution >= 0.6 is 0 Å². The smallest absolute Gasteiger partial charge is 0.241 e. The zero-order chi connectivity index (χ0) is 16.1. The third-order valence-electron chi connectivity index (χ3n) is 3.66. The molecule has 0 bridgehead atoms. The van der Waals surface area contributed by atoms with Gasteiger partial charge in [0.2, 0.25) is 17.6 Å². The van der Waals surface area contributed by atoms with Gasteiger partial charge in [-0.1, -0.05) is 17.3 Å². The minimum absolute atomic E-state index is 0.0874. The number of nitrogens with zero attached hydrogens (tertiary/aromatic N) is 3. The molecule has 1 aliphatic heterocycles. The second-order valence-corrected chi connectivity index (χ2v) is 5.32. The van der Waals surface area contributed by atoms with Gasteiger partial charge in [-0.15, -0.1) is 0 Å². The lowest BCUT2D eigenvalue weighted by Crippen LogP contribution is -2.28. The summed E-state index contributed by atoms with van der Waals surface area (Å²) in [5, 5.41) is 6.91. The first-order valence-electron chi connectivity index (χ1n) is 7.80. The maximum atomic E-state index is 11.4. The Balaban J connectivity index is 1.72. The van der Waals surface area contributed by atoms with E-state index in [0.29, 0.717) is 44.4 Å². The van der Waals surface area contributed by atoms with Crippen molar-refractivity contribution in [3.8, 4) is 17.1 Å². The van der Waals surface area contributed by atoms with Crippen molar-refractivity contribution in [3.05, 3.63) is 30.2 Å². The van der Waals surface area contributed by atoms with Crippen molar-refractivity contribution in [3.63, 3.8) is 0 Å². The molecule has 0 atom stereocenters. The van der Waals surface area contributed by atoms with Gasteiger partial charge in [0.15, 0.2) is 0 Å². The Kier molecular flexibility index (Phi) is 4.87. The Bertz CT molecular complexity index is 671. The van der Waals surface area contributed by atoms with Crippen LogP contribution in [0.3, 0.4) is 0 Å². The maximum absolute atomic E-state index is 11.4. The minimum Gasteiger partial charge on any atom is -0.493 e. The molecule has 7 heteroatoms. The van der Waals surface area contributed by atoms with Gasteiger partial charge in [-0.25, -0.2) is 0 Å². The maximum Gasteiger partial charge on any atom is 0.241 e. The average Bonchev–Trinajstić information content (AvgIpc) is 2.92. The van der Waals surface area contributed by atoms with E-state index in [9.17, 15) is 4.79 Å². The van der Waals surface area contributed by atoms with Crippen LogP contribution in [-0.4, -0.2) is 47.2 Å². The molecule has 0 unspecified atom stereocenters. The number of carbonyl (C=O) groups is 1. The molecule has 2 aromatic rings. The Labute approximate surface area is 134 Å². The van der Waals surface area contributed by atoms with Gasteiger partial charge in [-0.2, -0.15) is 4.98 Å². The van der Waals surface area contributed by atoms with Gasteiger partial charge < -0.3 is 14.6 Å². The highest BCUT2D eigenvalue weighted by Gasteiger charge is 2.18. The fourth-order valence-electron chi connectivity index (χ4n) is 2.52. The van der Waals surface area contributed by atoms with Gasteiger partial charge in [-0.3, -0.25) is 9.69 Å². The molecule has 0 spiro atoms. The number of hydrogen-bond donors (Lipinski definition) is 1. The second-order valence-electron chi connectivity index (χ2n) is 5.32. The molecular formula is C16H20N4O3. The van der Waals surface area contributed by atoms with Crippen molar-refractivity contribution in [1.29, 1.82) is 0 Å². The summed E-state index contributed by atoms with van der Waals surface area (Å²) in [5.74, 6) is 1.89. The molecule has 0 aliphatic carbocycles. The molecule has 0 radical (unpaired) electrons. The lowest BCUT2D eigenvalue weighted by atomic mass is 10.2. The summed E-state index contributed by atoms with van der Waals surface area (Å²) in [6.45, 7) is 5.17. The minimum atomic E-state index is 0.0874. The molecular weight excluding hydrogens is 296 g/mol. The number of hydrogen-bond acceptors (Lipinski definition) is 6. The molecule has 3 rings (SSSR count). The Morgan fingerprint density at radius 2 is 2.22 bits per heavy atom. The van der Waals surface area contributed by atoms with Crippen molar-refractivity contribution in [2.45, 2.75) is 19.9 Å². The van der Waals surface area contributed by atoms with E-state index < -0.39 is 0 Å². The normalized spacial score (nSPS) is 16.0. The molecule has 2 heterocycles. The van der Waals surface area contributed by atoms with E-state index in [1.54, 1.807) is 0 Å². The first-order valence-corrected chi connectivity index (χ1v) is 7.80. The quantitative estimate of drug-likeness (QED) is 0.899. The molecule has 1 aromatic heterocycles. The summed E-state index contributed by atoms with van der Waals surface area (Å²) < 4.78 is 11.0. The van der Waals surface area contributed by atoms with Crippen LogP contribution < -0.4 is 10.1 Å². The number of benzene rings is 1. The largest absolute Gasteiger partial charge is 0.493 e. The summed E-state index contributed by atoms with van der Waals surface area (Å²) in [5.41, 5.74) is 0.817. The fraction of sp³-hybridized carbons (Fsp3) is 0.438.